The zero-order valence-electron chi connectivity index (χ0n) is 12.0. The van der Waals surface area contributed by atoms with E-state index in [0.717, 1.165) is 31.6 Å². The highest BCUT2D eigenvalue weighted by Crippen LogP contribution is 2.04. The Bertz CT molecular complexity index is 508. The number of aromatic nitrogens is 4. The van der Waals surface area contributed by atoms with Crippen LogP contribution in [0.3, 0.4) is 0 Å². The highest BCUT2D eigenvalue weighted by Gasteiger charge is 2.06. The molecule has 110 valence electrons. The van der Waals surface area contributed by atoms with E-state index in [9.17, 15) is 0 Å². The summed E-state index contributed by atoms with van der Waals surface area (Å²) < 4.78 is 12.1. The topological polar surface area (TPSA) is 78.0 Å². The van der Waals surface area contributed by atoms with Crippen LogP contribution < -0.4 is 5.32 Å². The van der Waals surface area contributed by atoms with Gasteiger partial charge in [0.1, 0.15) is 0 Å². The van der Waals surface area contributed by atoms with Crippen molar-refractivity contribution >= 4 is 0 Å². The van der Waals surface area contributed by atoms with E-state index in [1.54, 1.807) is 13.4 Å². The number of aryl methyl sites for hydroxylation is 1. The van der Waals surface area contributed by atoms with Crippen molar-refractivity contribution in [1.82, 2.24) is 25.0 Å². The zero-order valence-corrected chi connectivity index (χ0v) is 12.0. The third kappa shape index (κ3) is 4.43. The minimum Gasteiger partial charge on any atom is -0.383 e. The number of hydrogen-bond donors (Lipinski definition) is 1. The predicted molar refractivity (Wildman–Crippen MR) is 73.2 cm³/mol. The van der Waals surface area contributed by atoms with Crippen LogP contribution in [0.5, 0.6) is 0 Å². The third-order valence-electron chi connectivity index (χ3n) is 2.77. The van der Waals surface area contributed by atoms with E-state index in [1.807, 2.05) is 10.8 Å². The van der Waals surface area contributed by atoms with Gasteiger partial charge < -0.3 is 19.1 Å². The first kappa shape index (κ1) is 14.7. The van der Waals surface area contributed by atoms with Gasteiger partial charge in [0.05, 0.1) is 25.2 Å². The lowest BCUT2D eigenvalue weighted by Gasteiger charge is -2.00. The van der Waals surface area contributed by atoms with Crippen LogP contribution in [-0.2, 0) is 24.2 Å². The lowest BCUT2D eigenvalue weighted by molar-refractivity contribution is 0.199. The van der Waals surface area contributed by atoms with Crippen molar-refractivity contribution in [2.75, 3.05) is 20.3 Å². The van der Waals surface area contributed by atoms with Crippen molar-refractivity contribution in [3.8, 4) is 0 Å². The van der Waals surface area contributed by atoms with Gasteiger partial charge in [-0.1, -0.05) is 12.1 Å². The maximum absolute atomic E-state index is 5.15. The molecular weight excluding hydrogens is 258 g/mol. The smallest absolute Gasteiger partial charge is 0.226 e. The molecule has 0 aliphatic heterocycles. The number of rotatable bonds is 9. The minimum atomic E-state index is 0.582. The number of methoxy groups -OCH3 is 1. The summed E-state index contributed by atoms with van der Waals surface area (Å²) in [5.74, 6) is 1.38. The fourth-order valence-corrected chi connectivity index (χ4v) is 1.81. The number of ether oxygens (including phenoxy) is 1. The van der Waals surface area contributed by atoms with Crippen molar-refractivity contribution in [1.29, 1.82) is 0 Å². The largest absolute Gasteiger partial charge is 0.383 e. The van der Waals surface area contributed by atoms with Gasteiger partial charge in [-0.15, -0.1) is 0 Å². The van der Waals surface area contributed by atoms with Crippen LogP contribution in [0.1, 0.15) is 30.8 Å². The number of nitrogens with one attached hydrogen (secondary N) is 1. The van der Waals surface area contributed by atoms with Gasteiger partial charge in [-0.25, -0.2) is 4.98 Å². The normalized spacial score (nSPS) is 11.1. The van der Waals surface area contributed by atoms with E-state index in [4.69, 9.17) is 9.26 Å². The Morgan fingerprint density at radius 3 is 3.15 bits per heavy atom. The first-order valence-corrected chi connectivity index (χ1v) is 6.83. The van der Waals surface area contributed by atoms with Crippen LogP contribution in [-0.4, -0.2) is 40.0 Å². The molecule has 2 rings (SSSR count). The molecule has 2 heterocycles. The van der Waals surface area contributed by atoms with Crippen LogP contribution in [0.25, 0.3) is 0 Å². The molecule has 20 heavy (non-hydrogen) atoms. The second kappa shape index (κ2) is 7.76. The van der Waals surface area contributed by atoms with Crippen LogP contribution in [0.4, 0.5) is 0 Å². The SMILES string of the molecule is CCCc1nc(Cn2cnc(CNCCOC)c2)no1. The first-order valence-electron chi connectivity index (χ1n) is 6.83. The molecule has 1 N–H and O–H groups in total. The first-order chi connectivity index (χ1) is 9.81. The lowest BCUT2D eigenvalue weighted by Crippen LogP contribution is -2.18. The van der Waals surface area contributed by atoms with Crippen molar-refractivity contribution < 1.29 is 9.26 Å². The average Bonchev–Trinajstić information content (AvgIpc) is 3.06. The molecule has 0 aliphatic carbocycles. The number of imidazole rings is 1. The second-order valence-electron chi connectivity index (χ2n) is 4.56. The quantitative estimate of drug-likeness (QED) is 0.690. The van der Waals surface area contributed by atoms with Crippen molar-refractivity contribution in [3.63, 3.8) is 0 Å². The Morgan fingerprint density at radius 2 is 2.35 bits per heavy atom. The summed E-state index contributed by atoms with van der Waals surface area (Å²) in [6.45, 7) is 4.91. The van der Waals surface area contributed by atoms with Gasteiger partial charge >= 0.3 is 0 Å². The second-order valence-corrected chi connectivity index (χ2v) is 4.56. The maximum atomic E-state index is 5.15. The molecule has 0 spiro atoms. The summed E-state index contributed by atoms with van der Waals surface area (Å²) in [7, 11) is 1.69. The molecule has 0 unspecified atom stereocenters. The van der Waals surface area contributed by atoms with Gasteiger partial charge in [0.25, 0.3) is 0 Å². The molecule has 2 aromatic rings. The summed E-state index contributed by atoms with van der Waals surface area (Å²) >= 11 is 0. The standard InChI is InChI=1S/C13H21N5O2/c1-3-4-13-16-12(17-20-13)9-18-8-11(15-10-18)7-14-5-6-19-2/h8,10,14H,3-7,9H2,1-2H3. The van der Waals surface area contributed by atoms with E-state index >= 15 is 0 Å². The molecule has 0 fully saturated rings. The summed E-state index contributed by atoms with van der Waals surface area (Å²) in [6, 6.07) is 0. The van der Waals surface area contributed by atoms with Crippen molar-refractivity contribution in [2.24, 2.45) is 0 Å². The summed E-state index contributed by atoms with van der Waals surface area (Å²) in [6.07, 6.45) is 5.59. The highest BCUT2D eigenvalue weighted by atomic mass is 16.5. The molecule has 0 aliphatic rings. The van der Waals surface area contributed by atoms with Crippen LogP contribution >= 0.6 is 0 Å². The van der Waals surface area contributed by atoms with Gasteiger partial charge in [0.15, 0.2) is 5.82 Å². The van der Waals surface area contributed by atoms with Gasteiger partial charge in [0.2, 0.25) is 5.89 Å². The van der Waals surface area contributed by atoms with Crippen molar-refractivity contribution in [3.05, 3.63) is 29.9 Å². The monoisotopic (exact) mass is 279 g/mol. The van der Waals surface area contributed by atoms with E-state index in [1.165, 1.54) is 0 Å². The fourth-order valence-electron chi connectivity index (χ4n) is 1.81. The number of nitrogens with zero attached hydrogens (tertiary/aromatic N) is 4. The molecule has 0 saturated heterocycles. The zero-order chi connectivity index (χ0) is 14.2. The lowest BCUT2D eigenvalue weighted by atomic mass is 10.3. The molecule has 0 saturated carbocycles. The van der Waals surface area contributed by atoms with Gasteiger partial charge in [0, 0.05) is 32.8 Å². The summed E-state index contributed by atoms with van der Waals surface area (Å²) in [4.78, 5) is 8.66. The van der Waals surface area contributed by atoms with Crippen molar-refractivity contribution in [2.45, 2.75) is 32.9 Å². The Kier molecular flexibility index (Phi) is 5.69. The van der Waals surface area contributed by atoms with Gasteiger partial charge in [-0.05, 0) is 6.42 Å². The summed E-state index contributed by atoms with van der Waals surface area (Å²) in [5.41, 5.74) is 0.985. The summed E-state index contributed by atoms with van der Waals surface area (Å²) in [5, 5.41) is 7.21. The minimum absolute atomic E-state index is 0.582. The van der Waals surface area contributed by atoms with Crippen LogP contribution in [0.15, 0.2) is 17.0 Å². The van der Waals surface area contributed by atoms with E-state index in [0.29, 0.717) is 24.9 Å². The van der Waals surface area contributed by atoms with Crippen LogP contribution in [0.2, 0.25) is 0 Å². The Morgan fingerprint density at radius 1 is 1.45 bits per heavy atom. The molecule has 0 amide bonds. The molecule has 0 aromatic carbocycles. The Balaban J connectivity index is 1.82. The van der Waals surface area contributed by atoms with Gasteiger partial charge in [-0.2, -0.15) is 4.98 Å². The predicted octanol–water partition coefficient (Wildman–Crippen LogP) is 1.00. The molecule has 7 nitrogen and oxygen atoms in total. The van der Waals surface area contributed by atoms with E-state index in [2.05, 4.69) is 27.4 Å². The molecule has 2 aromatic heterocycles. The molecular formula is C13H21N5O2. The Labute approximate surface area is 118 Å². The molecule has 0 bridgehead atoms. The molecule has 7 heteroatoms. The van der Waals surface area contributed by atoms with Crippen LogP contribution in [0, 0.1) is 0 Å². The average molecular weight is 279 g/mol. The van der Waals surface area contributed by atoms with E-state index in [-0.39, 0.29) is 0 Å². The fraction of sp³-hybridized carbons (Fsp3) is 0.615. The molecule has 0 atom stereocenters. The van der Waals surface area contributed by atoms with Gasteiger partial charge in [-0.3, -0.25) is 0 Å². The Hall–Kier alpha value is -1.73. The third-order valence-corrected chi connectivity index (χ3v) is 2.77. The maximum Gasteiger partial charge on any atom is 0.226 e. The van der Waals surface area contributed by atoms with E-state index < -0.39 is 0 Å². The highest BCUT2D eigenvalue weighted by molar-refractivity contribution is 4.98. The molecule has 0 radical (unpaired) electrons. The number of hydrogen-bond acceptors (Lipinski definition) is 6.